The number of benzene rings is 1. The molecule has 1 aromatic heterocycles. The van der Waals surface area contributed by atoms with E-state index >= 15 is 0 Å². The zero-order chi connectivity index (χ0) is 14.2. The SMILES string of the molecule is Brc1cc2cnn(C3CCCCO3)c2cc1C1OC=CO1. The third-order valence-corrected chi connectivity index (χ3v) is 4.54. The van der Waals surface area contributed by atoms with Crippen LogP contribution in [0.2, 0.25) is 0 Å². The molecule has 0 amide bonds. The van der Waals surface area contributed by atoms with Crippen molar-refractivity contribution in [3.63, 3.8) is 0 Å². The molecule has 0 spiro atoms. The van der Waals surface area contributed by atoms with Crippen molar-refractivity contribution in [2.24, 2.45) is 0 Å². The van der Waals surface area contributed by atoms with Crippen LogP contribution in [-0.2, 0) is 14.2 Å². The normalized spacial score (nSPS) is 22.4. The molecule has 2 aliphatic rings. The first-order valence-electron chi connectivity index (χ1n) is 7.07. The first-order valence-corrected chi connectivity index (χ1v) is 7.86. The molecule has 0 N–H and O–H groups in total. The van der Waals surface area contributed by atoms with Crippen LogP contribution in [0, 0.1) is 0 Å². The Morgan fingerprint density at radius 3 is 2.81 bits per heavy atom. The minimum absolute atomic E-state index is 0.0221. The topological polar surface area (TPSA) is 45.5 Å². The molecule has 5 nitrogen and oxygen atoms in total. The van der Waals surface area contributed by atoms with E-state index in [1.807, 2.05) is 16.9 Å². The lowest BCUT2D eigenvalue weighted by atomic mass is 10.1. The van der Waals surface area contributed by atoms with Crippen LogP contribution in [0.15, 0.2) is 35.3 Å². The van der Waals surface area contributed by atoms with E-state index < -0.39 is 6.29 Å². The Morgan fingerprint density at radius 2 is 2.05 bits per heavy atom. The lowest BCUT2D eigenvalue weighted by Crippen LogP contribution is -2.19. The third-order valence-electron chi connectivity index (χ3n) is 3.86. The lowest BCUT2D eigenvalue weighted by molar-refractivity contribution is -0.0369. The van der Waals surface area contributed by atoms with Crippen LogP contribution in [0.4, 0.5) is 0 Å². The summed E-state index contributed by atoms with van der Waals surface area (Å²) in [4.78, 5) is 0. The largest absolute Gasteiger partial charge is 0.455 e. The van der Waals surface area contributed by atoms with E-state index in [0.29, 0.717) is 0 Å². The average Bonchev–Trinajstić information content (AvgIpc) is 3.16. The average molecular weight is 351 g/mol. The van der Waals surface area contributed by atoms with Crippen molar-refractivity contribution in [2.75, 3.05) is 6.61 Å². The van der Waals surface area contributed by atoms with Gasteiger partial charge in [0.1, 0.15) is 12.5 Å². The molecule has 0 radical (unpaired) electrons. The first-order chi connectivity index (χ1) is 10.3. The second-order valence-electron chi connectivity index (χ2n) is 5.22. The van der Waals surface area contributed by atoms with Crippen molar-refractivity contribution in [1.29, 1.82) is 0 Å². The van der Waals surface area contributed by atoms with Gasteiger partial charge in [-0.15, -0.1) is 0 Å². The summed E-state index contributed by atoms with van der Waals surface area (Å²) in [6, 6.07) is 4.10. The van der Waals surface area contributed by atoms with Crippen LogP contribution < -0.4 is 0 Å². The molecule has 0 aliphatic carbocycles. The van der Waals surface area contributed by atoms with Crippen LogP contribution in [0.1, 0.15) is 37.3 Å². The van der Waals surface area contributed by atoms with Gasteiger partial charge in [-0.05, 0) is 31.4 Å². The summed E-state index contributed by atoms with van der Waals surface area (Å²) in [5, 5.41) is 5.58. The molecule has 6 heteroatoms. The molecule has 110 valence electrons. The Balaban J connectivity index is 1.76. The Kier molecular flexibility index (Phi) is 3.35. The highest BCUT2D eigenvalue weighted by molar-refractivity contribution is 9.10. The summed E-state index contributed by atoms with van der Waals surface area (Å²) in [6.07, 6.45) is 7.91. The van der Waals surface area contributed by atoms with Gasteiger partial charge in [-0.1, -0.05) is 15.9 Å². The molecule has 2 aliphatic heterocycles. The number of aromatic nitrogens is 2. The van der Waals surface area contributed by atoms with Gasteiger partial charge in [-0.2, -0.15) is 5.10 Å². The number of hydrogen-bond acceptors (Lipinski definition) is 4. The molecule has 2 aromatic rings. The van der Waals surface area contributed by atoms with E-state index in [2.05, 4.69) is 27.1 Å². The zero-order valence-electron chi connectivity index (χ0n) is 11.4. The summed E-state index contributed by atoms with van der Waals surface area (Å²) in [5.41, 5.74) is 1.99. The Morgan fingerprint density at radius 1 is 1.19 bits per heavy atom. The van der Waals surface area contributed by atoms with E-state index in [4.69, 9.17) is 14.2 Å². The van der Waals surface area contributed by atoms with E-state index in [0.717, 1.165) is 40.4 Å². The predicted molar refractivity (Wildman–Crippen MR) is 80.3 cm³/mol. The molecule has 21 heavy (non-hydrogen) atoms. The maximum Gasteiger partial charge on any atom is 0.267 e. The standard InChI is InChI=1S/C15H15BrN2O3/c16-12-7-10-9-17-18(14-3-1-2-4-19-14)13(10)8-11(12)15-20-5-6-21-15/h5-9,14-15H,1-4H2. The summed E-state index contributed by atoms with van der Waals surface area (Å²) in [7, 11) is 0. The highest BCUT2D eigenvalue weighted by Gasteiger charge is 2.23. The van der Waals surface area contributed by atoms with E-state index in [1.54, 1.807) is 12.5 Å². The minimum Gasteiger partial charge on any atom is -0.455 e. The van der Waals surface area contributed by atoms with Gasteiger partial charge in [0.05, 0.1) is 11.7 Å². The van der Waals surface area contributed by atoms with Crippen LogP contribution in [0.3, 0.4) is 0 Å². The fraction of sp³-hybridized carbons (Fsp3) is 0.400. The molecule has 1 unspecified atom stereocenters. The maximum atomic E-state index is 5.84. The number of fused-ring (bicyclic) bond motifs is 1. The lowest BCUT2D eigenvalue weighted by Gasteiger charge is -2.23. The molecule has 0 saturated carbocycles. The van der Waals surface area contributed by atoms with Gasteiger partial charge in [-0.3, -0.25) is 0 Å². The van der Waals surface area contributed by atoms with Gasteiger partial charge >= 0.3 is 0 Å². The van der Waals surface area contributed by atoms with E-state index in [1.165, 1.54) is 6.42 Å². The fourth-order valence-electron chi connectivity index (χ4n) is 2.79. The molecule has 1 aromatic carbocycles. The van der Waals surface area contributed by atoms with Crippen LogP contribution in [-0.4, -0.2) is 16.4 Å². The third kappa shape index (κ3) is 2.32. The van der Waals surface area contributed by atoms with Crippen molar-refractivity contribution >= 4 is 26.8 Å². The Hall–Kier alpha value is -1.53. The number of rotatable bonds is 2. The number of halogens is 1. The molecule has 1 atom stereocenters. The first kappa shape index (κ1) is 13.2. The number of hydrogen-bond donors (Lipinski definition) is 0. The zero-order valence-corrected chi connectivity index (χ0v) is 13.0. The Bertz CT molecular complexity index is 684. The van der Waals surface area contributed by atoms with Gasteiger partial charge in [0.2, 0.25) is 0 Å². The van der Waals surface area contributed by atoms with Gasteiger partial charge in [-0.25, -0.2) is 4.68 Å². The molecule has 3 heterocycles. The minimum atomic E-state index is -0.403. The van der Waals surface area contributed by atoms with Gasteiger partial charge < -0.3 is 14.2 Å². The summed E-state index contributed by atoms with van der Waals surface area (Å²) >= 11 is 3.58. The Labute approximate surface area is 130 Å². The second kappa shape index (κ2) is 5.35. The highest BCUT2D eigenvalue weighted by Crippen LogP contribution is 2.35. The van der Waals surface area contributed by atoms with Crippen molar-refractivity contribution < 1.29 is 14.2 Å². The molecule has 1 saturated heterocycles. The van der Waals surface area contributed by atoms with Crippen LogP contribution >= 0.6 is 15.9 Å². The molecule has 1 fully saturated rings. The number of nitrogens with zero attached hydrogens (tertiary/aromatic N) is 2. The summed E-state index contributed by atoms with van der Waals surface area (Å²) in [5.74, 6) is 0. The molecular weight excluding hydrogens is 336 g/mol. The van der Waals surface area contributed by atoms with Gasteiger partial charge in [0, 0.05) is 22.0 Å². The molecular formula is C15H15BrN2O3. The van der Waals surface area contributed by atoms with Gasteiger partial charge in [0.25, 0.3) is 6.29 Å². The van der Waals surface area contributed by atoms with Crippen molar-refractivity contribution in [2.45, 2.75) is 31.8 Å². The smallest absolute Gasteiger partial charge is 0.267 e. The molecule has 0 bridgehead atoms. The quantitative estimate of drug-likeness (QED) is 0.820. The van der Waals surface area contributed by atoms with Crippen molar-refractivity contribution in [3.05, 3.63) is 40.9 Å². The highest BCUT2D eigenvalue weighted by atomic mass is 79.9. The summed E-state index contributed by atoms with van der Waals surface area (Å²) in [6.45, 7) is 0.800. The second-order valence-corrected chi connectivity index (χ2v) is 6.07. The predicted octanol–water partition coefficient (Wildman–Crippen LogP) is 4.01. The maximum absolute atomic E-state index is 5.84. The monoisotopic (exact) mass is 350 g/mol. The van der Waals surface area contributed by atoms with Crippen molar-refractivity contribution in [1.82, 2.24) is 9.78 Å². The number of ether oxygens (including phenoxy) is 3. The van der Waals surface area contributed by atoms with E-state index in [-0.39, 0.29) is 6.23 Å². The van der Waals surface area contributed by atoms with Crippen LogP contribution in [0.5, 0.6) is 0 Å². The van der Waals surface area contributed by atoms with Gasteiger partial charge in [0.15, 0.2) is 6.23 Å². The van der Waals surface area contributed by atoms with Crippen LogP contribution in [0.25, 0.3) is 10.9 Å². The van der Waals surface area contributed by atoms with E-state index in [9.17, 15) is 0 Å². The summed E-state index contributed by atoms with van der Waals surface area (Å²) < 4.78 is 19.6. The van der Waals surface area contributed by atoms with Crippen molar-refractivity contribution in [3.8, 4) is 0 Å². The molecule has 4 rings (SSSR count). The fourth-order valence-corrected chi connectivity index (χ4v) is 3.34.